The number of likely N-dealkylation sites (tertiary alicyclic amines) is 1. The fraction of sp³-hybridized carbons (Fsp3) is 0.250. The van der Waals surface area contributed by atoms with E-state index in [4.69, 9.17) is 4.74 Å². The Kier molecular flexibility index (Phi) is 5.94. The first kappa shape index (κ1) is 21.6. The topological polar surface area (TPSA) is 96.7 Å². The highest BCUT2D eigenvalue weighted by Gasteiger charge is 2.19. The summed E-state index contributed by atoms with van der Waals surface area (Å²) in [6.07, 6.45) is 5.20. The molecule has 0 bridgehead atoms. The first-order valence-electron chi connectivity index (χ1n) is 11.0. The number of amides is 2. The van der Waals surface area contributed by atoms with Crippen molar-refractivity contribution >= 4 is 23.3 Å². The lowest BCUT2D eigenvalue weighted by atomic mass is 10.1. The van der Waals surface area contributed by atoms with Crippen LogP contribution in [0.25, 0.3) is 17.0 Å². The van der Waals surface area contributed by atoms with E-state index in [1.165, 1.54) is 10.6 Å². The fourth-order valence-corrected chi connectivity index (χ4v) is 3.85. The Morgan fingerprint density at radius 3 is 2.71 bits per heavy atom. The van der Waals surface area contributed by atoms with Crippen molar-refractivity contribution < 1.29 is 13.9 Å². The van der Waals surface area contributed by atoms with Crippen molar-refractivity contribution in [3.63, 3.8) is 0 Å². The molecule has 2 aromatic heterocycles. The quantitative estimate of drug-likeness (QED) is 0.447. The van der Waals surface area contributed by atoms with Gasteiger partial charge in [-0.2, -0.15) is 0 Å². The van der Waals surface area contributed by atoms with Gasteiger partial charge in [0.1, 0.15) is 11.6 Å². The summed E-state index contributed by atoms with van der Waals surface area (Å²) in [6, 6.07) is 12.0. The van der Waals surface area contributed by atoms with Gasteiger partial charge in [0.2, 0.25) is 0 Å². The van der Waals surface area contributed by atoms with Gasteiger partial charge in [-0.15, -0.1) is 5.10 Å². The molecule has 0 aliphatic carbocycles. The number of hydrogen-bond donors (Lipinski definition) is 2. The molecule has 174 valence electrons. The number of fused-ring (bicyclic) bond motifs is 1. The third kappa shape index (κ3) is 4.61. The molecule has 0 atom stereocenters. The predicted octanol–water partition coefficient (Wildman–Crippen LogP) is 4.18. The maximum absolute atomic E-state index is 14.6. The third-order valence-electron chi connectivity index (χ3n) is 5.71. The van der Waals surface area contributed by atoms with Crippen molar-refractivity contribution in [1.29, 1.82) is 0 Å². The van der Waals surface area contributed by atoms with Crippen LogP contribution in [0.1, 0.15) is 18.4 Å². The number of anilines is 2. The first-order chi connectivity index (χ1) is 16.6. The summed E-state index contributed by atoms with van der Waals surface area (Å²) < 4.78 is 21.3. The minimum atomic E-state index is -0.444. The SMILES string of the molecule is COc1ccc(CNc2cnc3nc(-c4cc(NC(=O)N5CCCC5)ccc4F)cn3n2)cc1. The lowest BCUT2D eigenvalue weighted by Crippen LogP contribution is -2.32. The normalized spacial score (nSPS) is 13.3. The molecule has 2 N–H and O–H groups in total. The van der Waals surface area contributed by atoms with E-state index in [0.29, 0.717) is 29.5 Å². The number of aromatic nitrogens is 4. The molecule has 4 aromatic rings. The molecule has 3 heterocycles. The number of methoxy groups -OCH3 is 1. The van der Waals surface area contributed by atoms with Crippen LogP contribution in [0.5, 0.6) is 5.75 Å². The van der Waals surface area contributed by atoms with E-state index >= 15 is 0 Å². The maximum Gasteiger partial charge on any atom is 0.321 e. The molecule has 0 unspecified atom stereocenters. The van der Waals surface area contributed by atoms with E-state index in [-0.39, 0.29) is 11.6 Å². The van der Waals surface area contributed by atoms with Crippen molar-refractivity contribution in [3.05, 3.63) is 66.2 Å². The van der Waals surface area contributed by atoms with Gasteiger partial charge in [0.25, 0.3) is 5.78 Å². The molecule has 1 aliphatic rings. The van der Waals surface area contributed by atoms with Gasteiger partial charge in [0.15, 0.2) is 5.82 Å². The number of rotatable bonds is 6. The summed E-state index contributed by atoms with van der Waals surface area (Å²) in [7, 11) is 1.63. The van der Waals surface area contributed by atoms with Gasteiger partial charge in [0, 0.05) is 30.9 Å². The number of carbonyl (C=O) groups is 1. The molecule has 2 aromatic carbocycles. The highest BCUT2D eigenvalue weighted by atomic mass is 19.1. The van der Waals surface area contributed by atoms with Crippen molar-refractivity contribution in [2.24, 2.45) is 0 Å². The molecule has 0 radical (unpaired) electrons. The molecule has 0 spiro atoms. The van der Waals surface area contributed by atoms with E-state index in [0.717, 1.165) is 37.2 Å². The zero-order valence-corrected chi connectivity index (χ0v) is 18.7. The van der Waals surface area contributed by atoms with Crippen LogP contribution in [0, 0.1) is 5.82 Å². The monoisotopic (exact) mass is 461 g/mol. The molecule has 1 saturated heterocycles. The number of hydrogen-bond acceptors (Lipinski definition) is 6. The van der Waals surface area contributed by atoms with Gasteiger partial charge in [-0.3, -0.25) is 0 Å². The van der Waals surface area contributed by atoms with Crippen molar-refractivity contribution in [2.45, 2.75) is 19.4 Å². The Hall–Kier alpha value is -4.21. The number of benzene rings is 2. The Morgan fingerprint density at radius 1 is 1.15 bits per heavy atom. The molecule has 0 saturated carbocycles. The highest BCUT2D eigenvalue weighted by molar-refractivity contribution is 5.90. The molecular weight excluding hydrogens is 437 g/mol. The highest BCUT2D eigenvalue weighted by Crippen LogP contribution is 2.26. The van der Waals surface area contributed by atoms with Crippen LogP contribution in [0.4, 0.5) is 20.7 Å². The van der Waals surface area contributed by atoms with E-state index in [1.54, 1.807) is 36.5 Å². The van der Waals surface area contributed by atoms with Crippen LogP contribution in [0.15, 0.2) is 54.9 Å². The smallest absolute Gasteiger partial charge is 0.321 e. The zero-order valence-electron chi connectivity index (χ0n) is 18.7. The number of carbonyl (C=O) groups excluding carboxylic acids is 1. The summed E-state index contributed by atoms with van der Waals surface area (Å²) in [5.74, 6) is 1.25. The summed E-state index contributed by atoms with van der Waals surface area (Å²) >= 11 is 0. The number of urea groups is 1. The lowest BCUT2D eigenvalue weighted by Gasteiger charge is -2.16. The van der Waals surface area contributed by atoms with Gasteiger partial charge in [-0.05, 0) is 48.7 Å². The van der Waals surface area contributed by atoms with Crippen LogP contribution in [0.3, 0.4) is 0 Å². The third-order valence-corrected chi connectivity index (χ3v) is 5.71. The summed E-state index contributed by atoms with van der Waals surface area (Å²) in [6.45, 7) is 2.02. The van der Waals surface area contributed by atoms with Crippen LogP contribution < -0.4 is 15.4 Å². The molecule has 1 fully saturated rings. The van der Waals surface area contributed by atoms with Crippen molar-refractivity contribution in [3.8, 4) is 17.0 Å². The van der Waals surface area contributed by atoms with Crippen LogP contribution in [0.2, 0.25) is 0 Å². The minimum Gasteiger partial charge on any atom is -0.497 e. The average molecular weight is 462 g/mol. The minimum absolute atomic E-state index is 0.180. The molecule has 1 aliphatic heterocycles. The van der Waals surface area contributed by atoms with E-state index < -0.39 is 5.82 Å². The number of ether oxygens (including phenoxy) is 1. The first-order valence-corrected chi connectivity index (χ1v) is 11.0. The Morgan fingerprint density at radius 2 is 1.94 bits per heavy atom. The largest absolute Gasteiger partial charge is 0.497 e. The molecule has 2 amide bonds. The summed E-state index contributed by atoms with van der Waals surface area (Å²) in [4.78, 5) is 22.9. The van der Waals surface area contributed by atoms with Gasteiger partial charge < -0.3 is 20.3 Å². The second-order valence-electron chi connectivity index (χ2n) is 8.03. The fourth-order valence-electron chi connectivity index (χ4n) is 3.85. The van der Waals surface area contributed by atoms with Gasteiger partial charge in [0.05, 0.1) is 25.2 Å². The molecule has 34 heavy (non-hydrogen) atoms. The summed E-state index contributed by atoms with van der Waals surface area (Å²) in [5, 5.41) is 10.5. The number of nitrogens with zero attached hydrogens (tertiary/aromatic N) is 5. The standard InChI is InChI=1S/C24H24FN7O2/c1-34-18-7-4-16(5-8-18)13-26-22-14-27-23-29-21(15-32(23)30-22)19-12-17(6-9-20(19)25)28-24(33)31-10-2-3-11-31/h4-9,12,14-15H,2-3,10-11,13H2,1H3,(H,26,30)(H,28,33). The van der Waals surface area contributed by atoms with Crippen LogP contribution >= 0.6 is 0 Å². The second kappa shape index (κ2) is 9.34. The number of halogens is 1. The number of imidazole rings is 1. The zero-order chi connectivity index (χ0) is 23.5. The van der Waals surface area contributed by atoms with Gasteiger partial charge in [-0.25, -0.2) is 23.7 Å². The van der Waals surface area contributed by atoms with Gasteiger partial charge >= 0.3 is 6.03 Å². The Bertz CT molecular complexity index is 1320. The maximum atomic E-state index is 14.6. The van der Waals surface area contributed by atoms with Crippen molar-refractivity contribution in [2.75, 3.05) is 30.8 Å². The van der Waals surface area contributed by atoms with Crippen LogP contribution in [-0.2, 0) is 6.54 Å². The van der Waals surface area contributed by atoms with E-state index in [1.807, 2.05) is 24.3 Å². The predicted molar refractivity (Wildman–Crippen MR) is 126 cm³/mol. The Balaban J connectivity index is 1.33. The number of nitrogens with one attached hydrogen (secondary N) is 2. The van der Waals surface area contributed by atoms with Gasteiger partial charge in [-0.1, -0.05) is 12.1 Å². The Labute approximate surface area is 195 Å². The molecule has 9 nitrogen and oxygen atoms in total. The molecule has 5 rings (SSSR count). The second-order valence-corrected chi connectivity index (χ2v) is 8.03. The van der Waals surface area contributed by atoms with Crippen molar-refractivity contribution in [1.82, 2.24) is 24.5 Å². The van der Waals surface area contributed by atoms with Crippen LogP contribution in [-0.4, -0.2) is 50.7 Å². The molecule has 10 heteroatoms. The lowest BCUT2D eigenvalue weighted by molar-refractivity contribution is 0.222. The van der Waals surface area contributed by atoms with E-state index in [9.17, 15) is 9.18 Å². The van der Waals surface area contributed by atoms with E-state index in [2.05, 4.69) is 25.7 Å². The summed E-state index contributed by atoms with van der Waals surface area (Å²) in [5.41, 5.74) is 2.21. The molecular formula is C24H24FN7O2. The average Bonchev–Trinajstić information content (AvgIpc) is 3.54.